The molecule has 0 saturated heterocycles. The monoisotopic (exact) mass is 326 g/mol. The number of amides is 2. The van der Waals surface area contributed by atoms with Crippen molar-refractivity contribution in [1.29, 1.82) is 0 Å². The molecule has 8 heteroatoms. The molecule has 0 bridgehead atoms. The van der Waals surface area contributed by atoms with Gasteiger partial charge in [-0.25, -0.2) is 13.6 Å². The number of nitrogens with one attached hydrogen (secondary N) is 1. The molecule has 2 amide bonds. The second kappa shape index (κ2) is 8.62. The van der Waals surface area contributed by atoms with Crippen molar-refractivity contribution in [1.82, 2.24) is 5.32 Å². The van der Waals surface area contributed by atoms with Crippen LogP contribution in [0.3, 0.4) is 0 Å². The third-order valence-corrected chi connectivity index (χ3v) is 2.69. The highest BCUT2D eigenvalue weighted by molar-refractivity contribution is 5.97. The largest absolute Gasteiger partial charge is 0.463 e. The van der Waals surface area contributed by atoms with E-state index in [1.807, 2.05) is 0 Å². The van der Waals surface area contributed by atoms with E-state index in [4.69, 9.17) is 5.73 Å². The number of esters is 1. The molecule has 124 valence electrons. The standard InChI is InChI=1S/C15H16F2N2O4/c1-2-23-13(20)5-3-4-12(14(18)21)19-15(22)9-6-10(16)8-11(17)7-9/h3,5-8,12H,2,4H2,1H3,(H2,18,21)(H,19,22)/b5-3+/t12-/m1/s1. The molecule has 23 heavy (non-hydrogen) atoms. The molecule has 0 heterocycles. The van der Waals surface area contributed by atoms with Crippen LogP contribution in [0.2, 0.25) is 0 Å². The molecule has 1 aromatic rings. The fourth-order valence-electron chi connectivity index (χ4n) is 1.66. The second-order valence-corrected chi connectivity index (χ2v) is 4.48. The first-order valence-electron chi connectivity index (χ1n) is 6.73. The highest BCUT2D eigenvalue weighted by Gasteiger charge is 2.18. The minimum Gasteiger partial charge on any atom is -0.463 e. The van der Waals surface area contributed by atoms with E-state index in [-0.39, 0.29) is 18.6 Å². The Hall–Kier alpha value is -2.77. The van der Waals surface area contributed by atoms with E-state index in [1.54, 1.807) is 6.92 Å². The molecule has 0 aliphatic carbocycles. The Morgan fingerprint density at radius 3 is 2.39 bits per heavy atom. The van der Waals surface area contributed by atoms with Crippen LogP contribution in [0.5, 0.6) is 0 Å². The number of hydrogen-bond donors (Lipinski definition) is 2. The first kappa shape index (κ1) is 18.3. The molecule has 1 rings (SSSR count). The highest BCUT2D eigenvalue weighted by Crippen LogP contribution is 2.08. The summed E-state index contributed by atoms with van der Waals surface area (Å²) in [5.74, 6) is -4.17. The predicted molar refractivity (Wildman–Crippen MR) is 77.2 cm³/mol. The van der Waals surface area contributed by atoms with Crippen molar-refractivity contribution in [3.8, 4) is 0 Å². The number of benzene rings is 1. The van der Waals surface area contributed by atoms with Gasteiger partial charge in [0.15, 0.2) is 0 Å². The van der Waals surface area contributed by atoms with Crippen LogP contribution in [0.4, 0.5) is 8.78 Å². The summed E-state index contributed by atoms with van der Waals surface area (Å²) in [7, 11) is 0. The fraction of sp³-hybridized carbons (Fsp3) is 0.267. The van der Waals surface area contributed by atoms with Crippen LogP contribution < -0.4 is 11.1 Å². The van der Waals surface area contributed by atoms with Crippen LogP contribution in [0.15, 0.2) is 30.4 Å². The summed E-state index contributed by atoms with van der Waals surface area (Å²) < 4.78 is 30.8. The lowest BCUT2D eigenvalue weighted by Crippen LogP contribution is -2.44. The topological polar surface area (TPSA) is 98.5 Å². The molecule has 0 aromatic heterocycles. The van der Waals surface area contributed by atoms with E-state index >= 15 is 0 Å². The summed E-state index contributed by atoms with van der Waals surface area (Å²) in [4.78, 5) is 34.3. The van der Waals surface area contributed by atoms with Crippen LogP contribution >= 0.6 is 0 Å². The van der Waals surface area contributed by atoms with Crippen LogP contribution in [-0.4, -0.2) is 30.4 Å². The van der Waals surface area contributed by atoms with E-state index in [0.29, 0.717) is 6.07 Å². The third kappa shape index (κ3) is 6.25. The van der Waals surface area contributed by atoms with E-state index in [9.17, 15) is 23.2 Å². The molecular formula is C15H16F2N2O4. The SMILES string of the molecule is CCOC(=O)/C=C/C[C@@H](NC(=O)c1cc(F)cc(F)c1)C(N)=O. The van der Waals surface area contributed by atoms with Crippen molar-refractivity contribution in [2.45, 2.75) is 19.4 Å². The highest BCUT2D eigenvalue weighted by atomic mass is 19.1. The first-order valence-corrected chi connectivity index (χ1v) is 6.73. The van der Waals surface area contributed by atoms with Crippen LogP contribution in [-0.2, 0) is 14.3 Å². The molecule has 3 N–H and O–H groups in total. The van der Waals surface area contributed by atoms with Gasteiger partial charge in [0, 0.05) is 17.7 Å². The van der Waals surface area contributed by atoms with Crippen molar-refractivity contribution < 1.29 is 27.9 Å². The smallest absolute Gasteiger partial charge is 0.330 e. The molecule has 1 atom stereocenters. The second-order valence-electron chi connectivity index (χ2n) is 4.48. The van der Waals surface area contributed by atoms with Crippen molar-refractivity contribution in [2.24, 2.45) is 5.73 Å². The minimum absolute atomic E-state index is 0.0717. The van der Waals surface area contributed by atoms with Gasteiger partial charge in [0.05, 0.1) is 6.61 Å². The summed E-state index contributed by atoms with van der Waals surface area (Å²) >= 11 is 0. The Kier molecular flexibility index (Phi) is 6.85. The third-order valence-electron chi connectivity index (χ3n) is 2.69. The van der Waals surface area contributed by atoms with Gasteiger partial charge in [0.2, 0.25) is 5.91 Å². The number of carbonyl (C=O) groups is 3. The lowest BCUT2D eigenvalue weighted by molar-refractivity contribution is -0.137. The molecule has 0 fully saturated rings. The van der Waals surface area contributed by atoms with Crippen LogP contribution in [0.1, 0.15) is 23.7 Å². The molecule has 6 nitrogen and oxygen atoms in total. The zero-order valence-electron chi connectivity index (χ0n) is 12.3. The normalized spacial score (nSPS) is 12.0. The zero-order valence-corrected chi connectivity index (χ0v) is 12.3. The molecular weight excluding hydrogens is 310 g/mol. The average Bonchev–Trinajstić information content (AvgIpc) is 2.45. The molecule has 0 spiro atoms. The Labute approximate surface area is 131 Å². The Bertz CT molecular complexity index is 612. The van der Waals surface area contributed by atoms with Gasteiger partial charge < -0.3 is 15.8 Å². The van der Waals surface area contributed by atoms with Gasteiger partial charge in [-0.15, -0.1) is 0 Å². The maximum Gasteiger partial charge on any atom is 0.330 e. The van der Waals surface area contributed by atoms with Crippen molar-refractivity contribution >= 4 is 17.8 Å². The number of ether oxygens (including phenoxy) is 1. The number of primary amides is 1. The van der Waals surface area contributed by atoms with Crippen molar-refractivity contribution in [3.63, 3.8) is 0 Å². The number of nitrogens with two attached hydrogens (primary N) is 1. The summed E-state index contributed by atoms with van der Waals surface area (Å²) in [5, 5.41) is 2.24. The number of halogens is 2. The molecule has 0 aliphatic heterocycles. The number of hydrogen-bond acceptors (Lipinski definition) is 4. The number of rotatable bonds is 7. The van der Waals surface area contributed by atoms with Gasteiger partial charge in [-0.3, -0.25) is 9.59 Å². The lowest BCUT2D eigenvalue weighted by Gasteiger charge is -2.13. The zero-order chi connectivity index (χ0) is 17.4. The summed E-state index contributed by atoms with van der Waals surface area (Å²) in [6.45, 7) is 1.83. The molecule has 0 radical (unpaired) electrons. The predicted octanol–water partition coefficient (Wildman–Crippen LogP) is 1.06. The maximum absolute atomic E-state index is 13.1. The summed E-state index contributed by atoms with van der Waals surface area (Å²) in [6.07, 6.45) is 2.32. The fourth-order valence-corrected chi connectivity index (χ4v) is 1.66. The summed E-state index contributed by atoms with van der Waals surface area (Å²) in [5.41, 5.74) is 4.86. The number of carbonyl (C=O) groups excluding carboxylic acids is 3. The van der Waals surface area contributed by atoms with E-state index in [1.165, 1.54) is 6.08 Å². The minimum atomic E-state index is -1.14. The van der Waals surface area contributed by atoms with Gasteiger partial charge in [-0.2, -0.15) is 0 Å². The van der Waals surface area contributed by atoms with Gasteiger partial charge in [-0.05, 0) is 25.5 Å². The molecule has 0 unspecified atom stereocenters. The Morgan fingerprint density at radius 1 is 1.26 bits per heavy atom. The van der Waals surface area contributed by atoms with Gasteiger partial charge in [-0.1, -0.05) is 6.08 Å². The molecule has 0 aliphatic rings. The Balaban J connectivity index is 2.73. The summed E-state index contributed by atoms with van der Waals surface area (Å²) in [6, 6.07) is 1.12. The van der Waals surface area contributed by atoms with Gasteiger partial charge >= 0.3 is 5.97 Å². The van der Waals surface area contributed by atoms with Crippen LogP contribution in [0, 0.1) is 11.6 Å². The van der Waals surface area contributed by atoms with Gasteiger partial charge in [0.1, 0.15) is 17.7 Å². The van der Waals surface area contributed by atoms with E-state index in [2.05, 4.69) is 10.1 Å². The van der Waals surface area contributed by atoms with Gasteiger partial charge in [0.25, 0.3) is 5.91 Å². The van der Waals surface area contributed by atoms with Crippen LogP contribution in [0.25, 0.3) is 0 Å². The quantitative estimate of drug-likeness (QED) is 0.578. The van der Waals surface area contributed by atoms with Crippen molar-refractivity contribution in [2.75, 3.05) is 6.61 Å². The average molecular weight is 326 g/mol. The molecule has 1 aromatic carbocycles. The van der Waals surface area contributed by atoms with Crippen molar-refractivity contribution in [3.05, 3.63) is 47.5 Å². The molecule has 0 saturated carbocycles. The van der Waals surface area contributed by atoms with E-state index < -0.39 is 35.5 Å². The first-order chi connectivity index (χ1) is 10.8. The maximum atomic E-state index is 13.1. The lowest BCUT2D eigenvalue weighted by atomic mass is 10.1. The Morgan fingerprint density at radius 2 is 1.87 bits per heavy atom. The van der Waals surface area contributed by atoms with E-state index in [0.717, 1.165) is 18.2 Å².